The SMILES string of the molecule is CC(C)(C)CC1CC(C(C)(C)S)NCN1. The lowest BCUT2D eigenvalue weighted by Gasteiger charge is -2.40. The second-order valence-corrected chi connectivity index (χ2v) is 7.64. The normalized spacial score (nSPS) is 29.2. The third-order valence-electron chi connectivity index (χ3n) is 2.97. The van der Waals surface area contributed by atoms with Gasteiger partial charge in [0, 0.05) is 23.5 Å². The van der Waals surface area contributed by atoms with Crippen molar-refractivity contribution in [1.82, 2.24) is 10.6 Å². The Morgan fingerprint density at radius 2 is 1.73 bits per heavy atom. The zero-order valence-corrected chi connectivity index (χ0v) is 11.6. The van der Waals surface area contributed by atoms with Gasteiger partial charge < -0.3 is 10.6 Å². The predicted octanol–water partition coefficient (Wildman–Crippen LogP) is 2.41. The Morgan fingerprint density at radius 1 is 1.13 bits per heavy atom. The molecule has 90 valence electrons. The smallest absolute Gasteiger partial charge is 0.0458 e. The Hall–Kier alpha value is 0.270. The van der Waals surface area contributed by atoms with E-state index in [9.17, 15) is 0 Å². The molecule has 1 fully saturated rings. The van der Waals surface area contributed by atoms with E-state index in [1.54, 1.807) is 0 Å². The number of nitrogens with one attached hydrogen (secondary N) is 2. The van der Waals surface area contributed by atoms with Gasteiger partial charge in [0.05, 0.1) is 0 Å². The molecule has 0 aromatic rings. The van der Waals surface area contributed by atoms with Crippen molar-refractivity contribution in [3.05, 3.63) is 0 Å². The summed E-state index contributed by atoms with van der Waals surface area (Å²) in [5.74, 6) is 0. The van der Waals surface area contributed by atoms with Crippen molar-refractivity contribution in [1.29, 1.82) is 0 Å². The summed E-state index contributed by atoms with van der Waals surface area (Å²) in [6.45, 7) is 12.2. The van der Waals surface area contributed by atoms with Crippen molar-refractivity contribution in [3.8, 4) is 0 Å². The fourth-order valence-electron chi connectivity index (χ4n) is 2.21. The maximum absolute atomic E-state index is 4.66. The average Bonchev–Trinajstić information content (AvgIpc) is 1.99. The molecule has 0 spiro atoms. The Balaban J connectivity index is 2.50. The maximum atomic E-state index is 4.66. The third-order valence-corrected chi connectivity index (χ3v) is 3.28. The van der Waals surface area contributed by atoms with Crippen LogP contribution in [0.15, 0.2) is 0 Å². The molecule has 1 aliphatic heterocycles. The maximum Gasteiger partial charge on any atom is 0.0458 e. The molecule has 0 aromatic carbocycles. The largest absolute Gasteiger partial charge is 0.302 e. The van der Waals surface area contributed by atoms with Crippen LogP contribution in [-0.2, 0) is 0 Å². The molecule has 15 heavy (non-hydrogen) atoms. The van der Waals surface area contributed by atoms with Crippen LogP contribution in [0.5, 0.6) is 0 Å². The van der Waals surface area contributed by atoms with Crippen LogP contribution < -0.4 is 10.6 Å². The summed E-state index contributed by atoms with van der Waals surface area (Å²) in [7, 11) is 0. The summed E-state index contributed by atoms with van der Waals surface area (Å²) < 4.78 is 0.0677. The van der Waals surface area contributed by atoms with Gasteiger partial charge in [-0.05, 0) is 32.1 Å². The molecule has 0 radical (unpaired) electrons. The molecule has 1 heterocycles. The first-order chi connectivity index (χ1) is 6.68. The van der Waals surface area contributed by atoms with Crippen molar-refractivity contribution in [2.75, 3.05) is 6.67 Å². The monoisotopic (exact) mass is 230 g/mol. The minimum absolute atomic E-state index is 0.0677. The van der Waals surface area contributed by atoms with Gasteiger partial charge in [-0.1, -0.05) is 20.8 Å². The minimum Gasteiger partial charge on any atom is -0.302 e. The molecular formula is C12H26N2S. The lowest BCUT2D eigenvalue weighted by Crippen LogP contribution is -2.57. The zero-order chi connectivity index (χ0) is 11.7. The van der Waals surface area contributed by atoms with Gasteiger partial charge in [-0.2, -0.15) is 12.6 Å². The van der Waals surface area contributed by atoms with Crippen LogP contribution in [0.4, 0.5) is 0 Å². The standard InChI is InChI=1S/C12H26N2S/c1-11(2,3)7-9-6-10(12(4,5)15)14-8-13-9/h9-10,13-15H,6-8H2,1-5H3. The Kier molecular flexibility index (Phi) is 4.13. The fourth-order valence-corrected chi connectivity index (χ4v) is 2.41. The highest BCUT2D eigenvalue weighted by atomic mass is 32.1. The molecule has 1 saturated heterocycles. The van der Waals surface area contributed by atoms with Gasteiger partial charge in [0.2, 0.25) is 0 Å². The van der Waals surface area contributed by atoms with Gasteiger partial charge >= 0.3 is 0 Å². The topological polar surface area (TPSA) is 24.1 Å². The molecule has 0 amide bonds. The molecule has 2 atom stereocenters. The molecule has 1 rings (SSSR count). The van der Waals surface area contributed by atoms with Crippen LogP contribution in [0.25, 0.3) is 0 Å². The quantitative estimate of drug-likeness (QED) is 0.635. The molecule has 0 aromatic heterocycles. The molecule has 3 heteroatoms. The third kappa shape index (κ3) is 4.75. The van der Waals surface area contributed by atoms with Crippen molar-refractivity contribution in [2.45, 2.75) is 64.3 Å². The van der Waals surface area contributed by atoms with Gasteiger partial charge in [-0.3, -0.25) is 0 Å². The number of thiol groups is 1. The summed E-state index contributed by atoms with van der Waals surface area (Å²) in [6, 6.07) is 1.14. The minimum atomic E-state index is 0.0677. The van der Waals surface area contributed by atoms with Crippen molar-refractivity contribution in [3.63, 3.8) is 0 Å². The molecule has 1 aliphatic rings. The van der Waals surface area contributed by atoms with Crippen LogP contribution in [0, 0.1) is 5.41 Å². The highest BCUT2D eigenvalue weighted by Gasteiger charge is 2.32. The van der Waals surface area contributed by atoms with E-state index in [1.165, 1.54) is 12.8 Å². The van der Waals surface area contributed by atoms with E-state index in [4.69, 9.17) is 0 Å². The number of hydrogen-bond donors (Lipinski definition) is 3. The first kappa shape index (κ1) is 13.3. The molecule has 0 saturated carbocycles. The van der Waals surface area contributed by atoms with E-state index in [0.717, 1.165) is 6.67 Å². The molecule has 2 N–H and O–H groups in total. The van der Waals surface area contributed by atoms with Gasteiger partial charge in [0.25, 0.3) is 0 Å². The fraction of sp³-hybridized carbons (Fsp3) is 1.00. The lowest BCUT2D eigenvalue weighted by atomic mass is 9.83. The van der Waals surface area contributed by atoms with E-state index in [1.807, 2.05) is 0 Å². The summed E-state index contributed by atoms with van der Waals surface area (Å²) in [5, 5.41) is 7.02. The van der Waals surface area contributed by atoms with Crippen LogP contribution in [-0.4, -0.2) is 23.5 Å². The van der Waals surface area contributed by atoms with Crippen LogP contribution in [0.3, 0.4) is 0 Å². The van der Waals surface area contributed by atoms with Gasteiger partial charge in [-0.15, -0.1) is 0 Å². The van der Waals surface area contributed by atoms with Crippen molar-refractivity contribution < 1.29 is 0 Å². The Bertz CT molecular complexity index is 203. The van der Waals surface area contributed by atoms with E-state index in [0.29, 0.717) is 17.5 Å². The van der Waals surface area contributed by atoms with E-state index < -0.39 is 0 Å². The highest BCUT2D eigenvalue weighted by Crippen LogP contribution is 2.28. The highest BCUT2D eigenvalue weighted by molar-refractivity contribution is 7.81. The van der Waals surface area contributed by atoms with E-state index >= 15 is 0 Å². The number of hydrogen-bond acceptors (Lipinski definition) is 3. The van der Waals surface area contributed by atoms with Gasteiger partial charge in [0.1, 0.15) is 0 Å². The Morgan fingerprint density at radius 3 is 2.20 bits per heavy atom. The van der Waals surface area contributed by atoms with Crippen LogP contribution >= 0.6 is 12.6 Å². The molecule has 0 aliphatic carbocycles. The van der Waals surface area contributed by atoms with Gasteiger partial charge in [-0.25, -0.2) is 0 Å². The van der Waals surface area contributed by atoms with Gasteiger partial charge in [0.15, 0.2) is 0 Å². The summed E-state index contributed by atoms with van der Waals surface area (Å²) in [5.41, 5.74) is 0.403. The lowest BCUT2D eigenvalue weighted by molar-refractivity contribution is 0.223. The van der Waals surface area contributed by atoms with Crippen molar-refractivity contribution >= 4 is 12.6 Å². The van der Waals surface area contributed by atoms with Crippen LogP contribution in [0.2, 0.25) is 0 Å². The molecule has 2 nitrogen and oxygen atoms in total. The molecular weight excluding hydrogens is 204 g/mol. The number of rotatable bonds is 2. The predicted molar refractivity (Wildman–Crippen MR) is 70.5 cm³/mol. The summed E-state index contributed by atoms with van der Waals surface area (Å²) in [6.07, 6.45) is 2.41. The van der Waals surface area contributed by atoms with Crippen molar-refractivity contribution in [2.24, 2.45) is 5.41 Å². The first-order valence-electron chi connectivity index (χ1n) is 5.88. The van der Waals surface area contributed by atoms with E-state index in [-0.39, 0.29) is 4.75 Å². The molecule has 0 bridgehead atoms. The average molecular weight is 230 g/mol. The van der Waals surface area contributed by atoms with E-state index in [2.05, 4.69) is 57.9 Å². The summed E-state index contributed by atoms with van der Waals surface area (Å²) >= 11 is 4.66. The van der Waals surface area contributed by atoms with Crippen LogP contribution in [0.1, 0.15) is 47.5 Å². The Labute approximate surface area is 100 Å². The molecule has 2 unspecified atom stereocenters. The second-order valence-electron chi connectivity index (χ2n) is 6.49. The summed E-state index contributed by atoms with van der Waals surface area (Å²) in [4.78, 5) is 0. The second kappa shape index (κ2) is 4.64. The zero-order valence-electron chi connectivity index (χ0n) is 10.7. The first-order valence-corrected chi connectivity index (χ1v) is 6.32.